The van der Waals surface area contributed by atoms with Gasteiger partial charge >= 0.3 is 6.09 Å². The summed E-state index contributed by atoms with van der Waals surface area (Å²) >= 11 is 6.42. The first-order chi connectivity index (χ1) is 24.2. The van der Waals surface area contributed by atoms with Gasteiger partial charge < -0.3 is 34.5 Å². The Morgan fingerprint density at radius 2 is 1.81 bits per heavy atom. The minimum absolute atomic E-state index is 0.0356. The molecule has 17 heteroatoms. The molecule has 2 saturated carbocycles. The number of likely N-dealkylation sites (tertiary alicyclic amines) is 1. The molecule has 1 aromatic carbocycles. The van der Waals surface area contributed by atoms with E-state index >= 15 is 0 Å². The molecular formula is C35H44ClN5O10S. The number of halogens is 1. The summed E-state index contributed by atoms with van der Waals surface area (Å²) in [6.07, 6.45) is 2.38. The molecule has 0 bridgehead atoms. The molecule has 6 rings (SSSR count). The van der Waals surface area contributed by atoms with Gasteiger partial charge in [0, 0.05) is 29.3 Å². The molecular weight excluding hydrogens is 718 g/mol. The van der Waals surface area contributed by atoms with Gasteiger partial charge in [0.05, 0.1) is 11.8 Å². The molecule has 3 heterocycles. The number of alkyl carbamates (subject to hydrolysis) is 1. The van der Waals surface area contributed by atoms with Crippen molar-refractivity contribution in [3.63, 3.8) is 0 Å². The fourth-order valence-electron chi connectivity index (χ4n) is 6.54. The van der Waals surface area contributed by atoms with Gasteiger partial charge in [-0.1, -0.05) is 38.4 Å². The van der Waals surface area contributed by atoms with Crippen molar-refractivity contribution in [1.82, 2.24) is 25.2 Å². The quantitative estimate of drug-likeness (QED) is 0.237. The van der Waals surface area contributed by atoms with Crippen LogP contribution in [0.2, 0.25) is 5.15 Å². The van der Waals surface area contributed by atoms with Gasteiger partial charge in [-0.3, -0.25) is 19.1 Å². The van der Waals surface area contributed by atoms with Gasteiger partial charge in [0.15, 0.2) is 11.5 Å². The molecule has 52 heavy (non-hydrogen) atoms. The molecule has 1 aromatic heterocycles. The highest BCUT2D eigenvalue weighted by Gasteiger charge is 2.62. The summed E-state index contributed by atoms with van der Waals surface area (Å²) in [5, 5.41) is 6.20. The molecule has 4 aliphatic rings. The van der Waals surface area contributed by atoms with Crippen LogP contribution in [0, 0.1) is 11.3 Å². The second-order valence-electron chi connectivity index (χ2n) is 15.7. The summed E-state index contributed by atoms with van der Waals surface area (Å²) in [6.45, 7) is 14.0. The molecule has 3 fully saturated rings. The smallest absolute Gasteiger partial charge is 0.408 e. The van der Waals surface area contributed by atoms with Gasteiger partial charge in [0.2, 0.25) is 34.4 Å². The van der Waals surface area contributed by atoms with Crippen LogP contribution in [-0.2, 0) is 29.1 Å². The van der Waals surface area contributed by atoms with Crippen LogP contribution in [0.1, 0.15) is 67.2 Å². The highest BCUT2D eigenvalue weighted by molar-refractivity contribution is 7.91. The van der Waals surface area contributed by atoms with Crippen molar-refractivity contribution in [2.45, 2.75) is 102 Å². The van der Waals surface area contributed by atoms with Crippen molar-refractivity contribution in [2.24, 2.45) is 11.3 Å². The third-order valence-electron chi connectivity index (χ3n) is 9.46. The number of ether oxygens (including phenoxy) is 4. The SMILES string of the molecule is C=CC1C[C@]1(NC(=O)[C@@H]1C[C@@H](Oc2cc3c(Cl)nccc3c3c2OCO3)CN1C(=O)[C@@H](NC(=O)OC(C)(C)C)C(C)(C)C)C(=O)NS(=O)(=O)C1CC1. The summed E-state index contributed by atoms with van der Waals surface area (Å²) in [5.41, 5.74) is -3.27. The van der Waals surface area contributed by atoms with E-state index < -0.39 is 79.7 Å². The van der Waals surface area contributed by atoms with Crippen LogP contribution in [0.5, 0.6) is 17.2 Å². The van der Waals surface area contributed by atoms with Crippen molar-refractivity contribution < 1.29 is 46.5 Å². The number of benzene rings is 1. The number of nitrogens with zero attached hydrogens (tertiary/aromatic N) is 2. The largest absolute Gasteiger partial charge is 0.484 e. The second kappa shape index (κ2) is 13.3. The Hall–Kier alpha value is -4.31. The number of sulfonamides is 1. The number of fused-ring (bicyclic) bond motifs is 3. The fourth-order valence-corrected chi connectivity index (χ4v) is 8.12. The number of aromatic nitrogens is 1. The highest BCUT2D eigenvalue weighted by atomic mass is 35.5. The fraction of sp³-hybridized carbons (Fsp3) is 0.571. The first-order valence-corrected chi connectivity index (χ1v) is 19.0. The Balaban J connectivity index is 1.31. The molecule has 1 saturated heterocycles. The van der Waals surface area contributed by atoms with Crippen LogP contribution >= 0.6 is 11.6 Å². The lowest BCUT2D eigenvalue weighted by Gasteiger charge is -2.36. The molecule has 1 unspecified atom stereocenters. The maximum Gasteiger partial charge on any atom is 0.408 e. The van der Waals surface area contributed by atoms with Crippen LogP contribution in [0.3, 0.4) is 0 Å². The normalized spacial score (nSPS) is 24.5. The molecule has 0 spiro atoms. The number of rotatable bonds is 10. The molecule has 282 valence electrons. The van der Waals surface area contributed by atoms with Gasteiger partial charge in [0.1, 0.15) is 34.5 Å². The summed E-state index contributed by atoms with van der Waals surface area (Å²) in [6, 6.07) is 1.04. The zero-order chi connectivity index (χ0) is 38.0. The van der Waals surface area contributed by atoms with E-state index in [0.29, 0.717) is 35.1 Å². The first-order valence-electron chi connectivity index (χ1n) is 17.1. The molecule has 15 nitrogen and oxygen atoms in total. The average Bonchev–Trinajstić information content (AvgIpc) is 3.92. The Morgan fingerprint density at radius 1 is 1.12 bits per heavy atom. The summed E-state index contributed by atoms with van der Waals surface area (Å²) < 4.78 is 50.9. The van der Waals surface area contributed by atoms with Gasteiger partial charge in [-0.05, 0) is 57.6 Å². The second-order valence-corrected chi connectivity index (χ2v) is 18.1. The maximum atomic E-state index is 14.5. The summed E-state index contributed by atoms with van der Waals surface area (Å²) in [7, 11) is -3.92. The Labute approximate surface area is 307 Å². The molecule has 3 N–H and O–H groups in total. The lowest BCUT2D eigenvalue weighted by atomic mass is 9.85. The van der Waals surface area contributed by atoms with Crippen molar-refractivity contribution in [2.75, 3.05) is 13.3 Å². The minimum atomic E-state index is -3.92. The van der Waals surface area contributed by atoms with E-state index in [4.69, 9.17) is 30.5 Å². The predicted molar refractivity (Wildman–Crippen MR) is 189 cm³/mol. The predicted octanol–water partition coefficient (Wildman–Crippen LogP) is 3.57. The molecule has 4 amide bonds. The Kier molecular flexibility index (Phi) is 9.56. The van der Waals surface area contributed by atoms with Crippen molar-refractivity contribution in [1.29, 1.82) is 0 Å². The Bertz CT molecular complexity index is 1940. The number of pyridine rings is 1. The molecule has 2 aliphatic carbocycles. The topological polar surface area (TPSA) is 192 Å². The van der Waals surface area contributed by atoms with Crippen molar-refractivity contribution in [3.8, 4) is 17.2 Å². The zero-order valence-corrected chi connectivity index (χ0v) is 31.5. The number of hydrogen-bond acceptors (Lipinski definition) is 11. The van der Waals surface area contributed by atoms with E-state index in [1.165, 1.54) is 11.0 Å². The van der Waals surface area contributed by atoms with Gasteiger partial charge in [0.25, 0.3) is 5.91 Å². The average molecular weight is 762 g/mol. The van der Waals surface area contributed by atoms with E-state index in [9.17, 15) is 27.6 Å². The van der Waals surface area contributed by atoms with Crippen LogP contribution < -0.4 is 29.6 Å². The Morgan fingerprint density at radius 3 is 2.42 bits per heavy atom. The first kappa shape index (κ1) is 37.4. The maximum absolute atomic E-state index is 14.5. The van der Waals surface area contributed by atoms with Crippen LogP contribution in [0.4, 0.5) is 4.79 Å². The van der Waals surface area contributed by atoms with E-state index in [2.05, 4.69) is 26.9 Å². The standard InChI is InChI=1S/C35H44ClN5O10S/c1-8-18-15-35(18,31(44)40-52(46,47)20-9-10-20)39-29(42)23-13-19(16-41(23)30(43)27(33(2,3)4)38-32(45)51-34(5,6)7)50-24-14-22-21(11-12-37-28(22)36)25-26(24)49-17-48-25/h8,11-12,14,18-20,23,27H,1,9-10,13,15-17H2,2-7H3,(H,38,45)(H,39,42)(H,40,44)/t18?,19-,23+,27-,35-/m1/s1. The van der Waals surface area contributed by atoms with Gasteiger partial charge in [-0.2, -0.15) is 0 Å². The zero-order valence-electron chi connectivity index (χ0n) is 29.9. The molecule has 2 aliphatic heterocycles. The van der Waals surface area contributed by atoms with Gasteiger partial charge in [-0.15, -0.1) is 6.58 Å². The summed E-state index contributed by atoms with van der Waals surface area (Å²) in [4.78, 5) is 60.6. The van der Waals surface area contributed by atoms with Crippen LogP contribution in [0.15, 0.2) is 31.0 Å². The van der Waals surface area contributed by atoms with Crippen molar-refractivity contribution in [3.05, 3.63) is 36.1 Å². The lowest BCUT2D eigenvalue weighted by molar-refractivity contribution is -0.143. The van der Waals surface area contributed by atoms with E-state index in [-0.39, 0.29) is 37.1 Å². The molecule has 2 aromatic rings. The number of carbonyl (C=O) groups is 4. The third-order valence-corrected chi connectivity index (χ3v) is 11.6. The highest BCUT2D eigenvalue weighted by Crippen LogP contribution is 2.49. The van der Waals surface area contributed by atoms with Gasteiger partial charge in [-0.25, -0.2) is 18.2 Å². The number of amides is 4. The van der Waals surface area contributed by atoms with Crippen LogP contribution in [0.25, 0.3) is 10.8 Å². The molecule has 5 atom stereocenters. The monoisotopic (exact) mass is 761 g/mol. The van der Waals surface area contributed by atoms with E-state index in [0.717, 1.165) is 0 Å². The third kappa shape index (κ3) is 7.45. The van der Waals surface area contributed by atoms with Crippen LogP contribution in [-0.4, -0.2) is 90.0 Å². The van der Waals surface area contributed by atoms with Crippen molar-refractivity contribution >= 4 is 56.2 Å². The van der Waals surface area contributed by atoms with E-state index in [1.807, 2.05) is 0 Å². The number of carbonyl (C=O) groups excluding carboxylic acids is 4. The number of nitrogens with one attached hydrogen (secondary N) is 3. The van der Waals surface area contributed by atoms with E-state index in [1.54, 1.807) is 59.9 Å². The summed E-state index contributed by atoms with van der Waals surface area (Å²) in [5.74, 6) is -1.73. The minimum Gasteiger partial charge on any atom is -0.484 e. The number of hydrogen-bond donors (Lipinski definition) is 3. The molecule has 0 radical (unpaired) electrons. The lowest BCUT2D eigenvalue weighted by Crippen LogP contribution is -2.60.